The zero-order valence-corrected chi connectivity index (χ0v) is 41.1. The number of rotatable bonds is 17. The molecule has 1 N–H and O–H groups in total. The minimum Gasteiger partial charge on any atom is -0.507 e. The van der Waals surface area contributed by atoms with Crippen LogP contribution in [0.25, 0.3) is 12.2 Å². The third-order valence-corrected chi connectivity index (χ3v) is 12.4. The molecule has 0 aromatic heterocycles. The second-order valence-corrected chi connectivity index (χ2v) is 19.8. The summed E-state index contributed by atoms with van der Waals surface area (Å²) in [6.07, 6.45) is 22.4. The Morgan fingerprint density at radius 2 is 0.955 bits per heavy atom. The van der Waals surface area contributed by atoms with Gasteiger partial charge in [-0.3, -0.25) is 9.59 Å². The standard InChI is InChI=1S/C33H44O5.C25H30O3/c1-23-21-26(22-24(2)30(23)37-33(6,7)31(35)38-32(3,4)5)13-18-29(34)27-14-16-28(17-15-27)36-20-19-25-11-9-8-10-12-25;1-18-16-21(17-19(2)25(18)27)8-13-24(26)22-9-11-23(12-10-22)28-15-14-20-6-4-3-5-7-20/h13-18,21-22,25H,8-12,19-20H2,1-7H3;8-13,16-17,20,27H,3-7,14-15H2,1-2H3/b18-13+;13-8+. The van der Waals surface area contributed by atoms with Gasteiger partial charge in [-0.2, -0.15) is 0 Å². The number of hydrogen-bond acceptors (Lipinski definition) is 8. The molecule has 8 heteroatoms. The van der Waals surface area contributed by atoms with Crippen LogP contribution in [0, 0.1) is 39.5 Å². The van der Waals surface area contributed by atoms with Gasteiger partial charge < -0.3 is 24.1 Å². The number of aromatic hydroxyl groups is 1. The summed E-state index contributed by atoms with van der Waals surface area (Å²) in [7, 11) is 0. The molecule has 0 spiro atoms. The normalized spacial score (nSPS) is 15.0. The van der Waals surface area contributed by atoms with Gasteiger partial charge in [-0.05, 0) is 205 Å². The molecule has 4 aromatic rings. The van der Waals surface area contributed by atoms with Gasteiger partial charge in [-0.25, -0.2) is 4.79 Å². The maximum atomic E-state index is 12.8. The lowest BCUT2D eigenvalue weighted by molar-refractivity contribution is -0.171. The number of phenolic OH excluding ortho intramolecular Hbond substituents is 1. The molecule has 0 bridgehead atoms. The molecule has 0 atom stereocenters. The molecule has 66 heavy (non-hydrogen) atoms. The van der Waals surface area contributed by atoms with Crippen molar-refractivity contribution in [3.05, 3.63) is 129 Å². The predicted octanol–water partition coefficient (Wildman–Crippen LogP) is 14.3. The first-order chi connectivity index (χ1) is 31.4. The molecule has 354 valence electrons. The molecule has 2 saturated carbocycles. The third-order valence-electron chi connectivity index (χ3n) is 12.4. The lowest BCUT2D eigenvalue weighted by atomic mass is 9.87. The van der Waals surface area contributed by atoms with E-state index in [1.807, 2.05) is 121 Å². The number of esters is 1. The zero-order valence-electron chi connectivity index (χ0n) is 41.1. The summed E-state index contributed by atoms with van der Waals surface area (Å²) in [6, 6.07) is 22.4. The Morgan fingerprint density at radius 1 is 0.576 bits per heavy atom. The van der Waals surface area contributed by atoms with E-state index in [-0.39, 0.29) is 11.6 Å². The third kappa shape index (κ3) is 16.4. The Bertz CT molecular complexity index is 2230. The predicted molar refractivity (Wildman–Crippen MR) is 267 cm³/mol. The monoisotopic (exact) mass is 899 g/mol. The molecule has 0 amide bonds. The van der Waals surface area contributed by atoms with Crippen LogP contribution in [0.15, 0.2) is 84.9 Å². The van der Waals surface area contributed by atoms with Crippen LogP contribution in [0.5, 0.6) is 23.0 Å². The second kappa shape index (κ2) is 24.2. The van der Waals surface area contributed by atoms with Crippen molar-refractivity contribution in [2.24, 2.45) is 11.8 Å². The molecule has 8 nitrogen and oxygen atoms in total. The fourth-order valence-corrected chi connectivity index (χ4v) is 8.63. The fourth-order valence-electron chi connectivity index (χ4n) is 8.63. The van der Waals surface area contributed by atoms with Crippen LogP contribution in [-0.4, -0.2) is 47.1 Å². The molecule has 6 rings (SSSR count). The van der Waals surface area contributed by atoms with Crippen molar-refractivity contribution < 1.29 is 38.4 Å². The quantitative estimate of drug-likeness (QED) is 0.0634. The first-order valence-electron chi connectivity index (χ1n) is 24.1. The zero-order chi connectivity index (χ0) is 47.9. The second-order valence-electron chi connectivity index (χ2n) is 19.8. The van der Waals surface area contributed by atoms with Crippen LogP contribution in [-0.2, 0) is 9.53 Å². The minimum atomic E-state index is -1.14. The van der Waals surface area contributed by atoms with Crippen LogP contribution in [0.2, 0.25) is 0 Å². The van der Waals surface area contributed by atoms with E-state index in [1.165, 1.54) is 64.2 Å². The first kappa shape index (κ1) is 51.4. The summed E-state index contributed by atoms with van der Waals surface area (Å²) in [5.74, 6) is 3.65. The lowest BCUT2D eigenvalue weighted by Gasteiger charge is -2.30. The van der Waals surface area contributed by atoms with Gasteiger partial charge >= 0.3 is 5.97 Å². The number of hydrogen-bond donors (Lipinski definition) is 1. The Morgan fingerprint density at radius 3 is 1.33 bits per heavy atom. The number of aryl methyl sites for hydroxylation is 4. The number of benzene rings is 4. The highest BCUT2D eigenvalue weighted by molar-refractivity contribution is 6.07. The van der Waals surface area contributed by atoms with Crippen LogP contribution >= 0.6 is 0 Å². The molecule has 2 aliphatic rings. The number of carbonyl (C=O) groups is 3. The molecule has 0 saturated heterocycles. The van der Waals surface area contributed by atoms with E-state index in [9.17, 15) is 19.5 Å². The van der Waals surface area contributed by atoms with Crippen LogP contribution < -0.4 is 14.2 Å². The molecule has 4 aromatic carbocycles. The molecule has 2 fully saturated rings. The highest BCUT2D eigenvalue weighted by atomic mass is 16.6. The summed E-state index contributed by atoms with van der Waals surface area (Å²) in [4.78, 5) is 37.8. The van der Waals surface area contributed by atoms with E-state index in [1.54, 1.807) is 38.2 Å². The van der Waals surface area contributed by atoms with E-state index < -0.39 is 17.2 Å². The maximum Gasteiger partial charge on any atom is 0.350 e. The SMILES string of the molecule is Cc1cc(/C=C/C(=O)c2ccc(OCCC3CCCCC3)cc2)cc(C)c1O.Cc1cc(/C=C/C(=O)c2ccc(OCCC3CCCCC3)cc2)cc(C)c1OC(C)(C)C(=O)OC(C)(C)C. The Labute approximate surface area is 394 Å². The number of carbonyl (C=O) groups excluding carboxylic acids is 3. The highest BCUT2D eigenvalue weighted by Gasteiger charge is 2.35. The molecule has 0 aliphatic heterocycles. The summed E-state index contributed by atoms with van der Waals surface area (Å²) >= 11 is 0. The van der Waals surface area contributed by atoms with Crippen molar-refractivity contribution >= 4 is 29.7 Å². The van der Waals surface area contributed by atoms with E-state index in [2.05, 4.69) is 0 Å². The lowest BCUT2D eigenvalue weighted by Crippen LogP contribution is -2.43. The van der Waals surface area contributed by atoms with E-state index >= 15 is 0 Å². The molecular weight excluding hydrogens is 825 g/mol. The van der Waals surface area contributed by atoms with E-state index in [0.717, 1.165) is 82.8 Å². The van der Waals surface area contributed by atoms with E-state index in [4.69, 9.17) is 18.9 Å². The first-order valence-corrected chi connectivity index (χ1v) is 24.1. The van der Waals surface area contributed by atoms with Crippen LogP contribution in [0.4, 0.5) is 0 Å². The van der Waals surface area contributed by atoms with Gasteiger partial charge in [0, 0.05) is 11.1 Å². The average molecular weight is 899 g/mol. The largest absolute Gasteiger partial charge is 0.507 e. The minimum absolute atomic E-state index is 0.0443. The summed E-state index contributed by atoms with van der Waals surface area (Å²) in [6.45, 7) is 18.0. The Kier molecular flexibility index (Phi) is 18.9. The van der Waals surface area contributed by atoms with Crippen LogP contribution in [0.3, 0.4) is 0 Å². The number of phenols is 1. The van der Waals surface area contributed by atoms with Gasteiger partial charge in [-0.15, -0.1) is 0 Å². The van der Waals surface area contributed by atoms with E-state index in [0.29, 0.717) is 22.6 Å². The van der Waals surface area contributed by atoms with Crippen molar-refractivity contribution in [1.82, 2.24) is 0 Å². The van der Waals surface area contributed by atoms with Crippen molar-refractivity contribution in [3.63, 3.8) is 0 Å². The number of ketones is 2. The topological polar surface area (TPSA) is 108 Å². The molecular formula is C58H74O8. The maximum absolute atomic E-state index is 12.8. The van der Waals surface area contributed by atoms with Gasteiger partial charge in [0.1, 0.15) is 28.6 Å². The van der Waals surface area contributed by atoms with Crippen LogP contribution in [0.1, 0.15) is 166 Å². The Hall–Kier alpha value is -5.63. The van der Waals surface area contributed by atoms with Gasteiger partial charge in [0.2, 0.25) is 0 Å². The van der Waals surface area contributed by atoms with Crippen molar-refractivity contribution in [2.45, 2.75) is 151 Å². The van der Waals surface area contributed by atoms with Crippen molar-refractivity contribution in [2.75, 3.05) is 13.2 Å². The smallest absolute Gasteiger partial charge is 0.350 e. The summed E-state index contributed by atoms with van der Waals surface area (Å²) in [5, 5.41) is 9.84. The molecule has 2 aliphatic carbocycles. The highest BCUT2D eigenvalue weighted by Crippen LogP contribution is 2.32. The molecule has 0 unspecified atom stereocenters. The van der Waals surface area contributed by atoms with Gasteiger partial charge in [0.25, 0.3) is 0 Å². The summed E-state index contributed by atoms with van der Waals surface area (Å²) < 4.78 is 23.4. The summed E-state index contributed by atoms with van der Waals surface area (Å²) in [5.41, 5.74) is 4.70. The van der Waals surface area contributed by atoms with Gasteiger partial charge in [-0.1, -0.05) is 76.4 Å². The molecule has 0 radical (unpaired) electrons. The Balaban J connectivity index is 0.000000259. The number of ether oxygens (including phenoxy) is 4. The molecule has 0 heterocycles. The van der Waals surface area contributed by atoms with Gasteiger partial charge in [0.15, 0.2) is 17.2 Å². The van der Waals surface area contributed by atoms with Crippen molar-refractivity contribution in [3.8, 4) is 23.0 Å². The van der Waals surface area contributed by atoms with Gasteiger partial charge in [0.05, 0.1) is 13.2 Å². The van der Waals surface area contributed by atoms with Crippen molar-refractivity contribution in [1.29, 1.82) is 0 Å². The number of allylic oxidation sites excluding steroid dienone is 2. The fraction of sp³-hybridized carbons (Fsp3) is 0.466. The average Bonchev–Trinajstić information content (AvgIpc) is 3.28.